The van der Waals surface area contributed by atoms with Crippen LogP contribution in [0.4, 0.5) is 23.3 Å². The fourth-order valence-electron chi connectivity index (χ4n) is 3.64. The third-order valence-electron chi connectivity index (χ3n) is 5.61. The standard InChI is InChI=1S/C27H28N6O3/c1-27(2,3)17-9-7-16(8-10-17)24(36)30-22-6-4-5-20(21(22)15-34)23-31-25(28)33-26(32-23)29-18-11-13-19(35)14-12-18/h4-14,34-35H,15H2,1-3H3,(H,30,36)(H3,28,29,31,32,33). The molecule has 184 valence electrons. The molecule has 9 heteroatoms. The number of hydrogen-bond donors (Lipinski definition) is 5. The Kier molecular flexibility index (Phi) is 6.84. The lowest BCUT2D eigenvalue weighted by Crippen LogP contribution is -2.15. The maximum Gasteiger partial charge on any atom is 0.255 e. The lowest BCUT2D eigenvalue weighted by atomic mass is 9.86. The molecule has 1 amide bonds. The zero-order chi connectivity index (χ0) is 25.9. The molecular formula is C27H28N6O3. The number of nitrogen functional groups attached to an aromatic ring is 1. The molecule has 0 unspecified atom stereocenters. The summed E-state index contributed by atoms with van der Waals surface area (Å²) in [5, 5.41) is 25.6. The average Bonchev–Trinajstić information content (AvgIpc) is 2.84. The number of amides is 1. The SMILES string of the molecule is CC(C)(C)c1ccc(C(=O)Nc2cccc(-c3nc(N)nc(Nc4ccc(O)cc4)n3)c2CO)cc1. The number of aromatic hydroxyl groups is 1. The molecule has 0 spiro atoms. The zero-order valence-electron chi connectivity index (χ0n) is 20.3. The Morgan fingerprint density at radius 2 is 1.64 bits per heavy atom. The van der Waals surface area contributed by atoms with Crippen LogP contribution < -0.4 is 16.4 Å². The van der Waals surface area contributed by atoms with Crippen molar-refractivity contribution in [1.29, 1.82) is 0 Å². The summed E-state index contributed by atoms with van der Waals surface area (Å²) in [5.41, 5.74) is 9.56. The summed E-state index contributed by atoms with van der Waals surface area (Å²) in [4.78, 5) is 25.7. The molecule has 0 aliphatic carbocycles. The van der Waals surface area contributed by atoms with E-state index in [2.05, 4.69) is 46.4 Å². The summed E-state index contributed by atoms with van der Waals surface area (Å²) < 4.78 is 0. The topological polar surface area (TPSA) is 146 Å². The minimum absolute atomic E-state index is 0.0152. The van der Waals surface area contributed by atoms with Gasteiger partial charge in [-0.15, -0.1) is 0 Å². The van der Waals surface area contributed by atoms with Crippen LogP contribution in [0, 0.1) is 0 Å². The van der Waals surface area contributed by atoms with Crippen molar-refractivity contribution in [2.24, 2.45) is 0 Å². The zero-order valence-corrected chi connectivity index (χ0v) is 20.3. The first-order valence-electron chi connectivity index (χ1n) is 11.4. The maximum atomic E-state index is 12.9. The highest BCUT2D eigenvalue weighted by Gasteiger charge is 2.18. The number of aliphatic hydroxyl groups excluding tert-OH is 1. The number of nitrogens with zero attached hydrogens (tertiary/aromatic N) is 3. The molecule has 6 N–H and O–H groups in total. The van der Waals surface area contributed by atoms with E-state index >= 15 is 0 Å². The van der Waals surface area contributed by atoms with E-state index < -0.39 is 0 Å². The van der Waals surface area contributed by atoms with Crippen molar-refractivity contribution in [2.45, 2.75) is 32.8 Å². The van der Waals surface area contributed by atoms with E-state index in [-0.39, 0.29) is 41.4 Å². The number of rotatable bonds is 6. The van der Waals surface area contributed by atoms with Crippen molar-refractivity contribution in [3.8, 4) is 17.1 Å². The van der Waals surface area contributed by atoms with Crippen molar-refractivity contribution in [2.75, 3.05) is 16.4 Å². The van der Waals surface area contributed by atoms with Gasteiger partial charge in [-0.25, -0.2) is 0 Å². The van der Waals surface area contributed by atoms with Gasteiger partial charge in [0.1, 0.15) is 5.75 Å². The summed E-state index contributed by atoms with van der Waals surface area (Å²) >= 11 is 0. The number of hydrogen-bond acceptors (Lipinski definition) is 8. The lowest BCUT2D eigenvalue weighted by molar-refractivity contribution is 0.102. The van der Waals surface area contributed by atoms with Crippen LogP contribution in [0.5, 0.6) is 5.75 Å². The Balaban J connectivity index is 1.62. The third-order valence-corrected chi connectivity index (χ3v) is 5.61. The molecule has 4 rings (SSSR count). The molecule has 0 saturated heterocycles. The monoisotopic (exact) mass is 484 g/mol. The van der Waals surface area contributed by atoms with Gasteiger partial charge in [-0.3, -0.25) is 4.79 Å². The molecule has 0 saturated carbocycles. The van der Waals surface area contributed by atoms with Gasteiger partial charge in [-0.05, 0) is 53.4 Å². The van der Waals surface area contributed by atoms with Crippen LogP contribution in [-0.4, -0.2) is 31.1 Å². The van der Waals surface area contributed by atoms with Crippen molar-refractivity contribution in [3.63, 3.8) is 0 Å². The van der Waals surface area contributed by atoms with E-state index in [0.717, 1.165) is 5.56 Å². The normalized spacial score (nSPS) is 11.2. The smallest absolute Gasteiger partial charge is 0.255 e. The van der Waals surface area contributed by atoms with Crippen molar-refractivity contribution in [3.05, 3.63) is 83.4 Å². The van der Waals surface area contributed by atoms with Crippen LogP contribution in [0.15, 0.2) is 66.7 Å². The predicted molar refractivity (Wildman–Crippen MR) is 140 cm³/mol. The maximum absolute atomic E-state index is 12.9. The van der Waals surface area contributed by atoms with Gasteiger partial charge in [0.25, 0.3) is 5.91 Å². The van der Waals surface area contributed by atoms with Gasteiger partial charge in [-0.1, -0.05) is 45.0 Å². The highest BCUT2D eigenvalue weighted by atomic mass is 16.3. The largest absolute Gasteiger partial charge is 0.508 e. The van der Waals surface area contributed by atoms with Crippen LogP contribution in [0.3, 0.4) is 0 Å². The summed E-state index contributed by atoms with van der Waals surface area (Å²) in [6.45, 7) is 5.98. The number of benzene rings is 3. The fraction of sp³-hybridized carbons (Fsp3) is 0.185. The van der Waals surface area contributed by atoms with Gasteiger partial charge in [0, 0.05) is 28.1 Å². The molecule has 0 radical (unpaired) electrons. The highest BCUT2D eigenvalue weighted by molar-refractivity contribution is 6.05. The van der Waals surface area contributed by atoms with Gasteiger partial charge in [-0.2, -0.15) is 15.0 Å². The Bertz CT molecular complexity index is 1380. The van der Waals surface area contributed by atoms with Crippen molar-refractivity contribution < 1.29 is 15.0 Å². The van der Waals surface area contributed by atoms with E-state index in [9.17, 15) is 15.0 Å². The molecule has 9 nitrogen and oxygen atoms in total. The molecule has 1 heterocycles. The van der Waals surface area contributed by atoms with Crippen LogP contribution in [0.1, 0.15) is 42.3 Å². The second-order valence-electron chi connectivity index (χ2n) is 9.28. The molecule has 4 aromatic rings. The second-order valence-corrected chi connectivity index (χ2v) is 9.28. The molecule has 0 aliphatic heterocycles. The number of aliphatic hydroxyl groups is 1. The quantitative estimate of drug-likeness (QED) is 0.249. The molecule has 0 aliphatic rings. The summed E-state index contributed by atoms with van der Waals surface area (Å²) in [7, 11) is 0. The van der Waals surface area contributed by atoms with Crippen LogP contribution in [-0.2, 0) is 12.0 Å². The fourth-order valence-corrected chi connectivity index (χ4v) is 3.64. The van der Waals surface area contributed by atoms with E-state index in [1.54, 1.807) is 42.5 Å². The Morgan fingerprint density at radius 3 is 2.28 bits per heavy atom. The van der Waals surface area contributed by atoms with Crippen LogP contribution in [0.2, 0.25) is 0 Å². The number of carbonyl (C=O) groups is 1. The molecule has 36 heavy (non-hydrogen) atoms. The third kappa shape index (κ3) is 5.59. The van der Waals surface area contributed by atoms with Crippen LogP contribution >= 0.6 is 0 Å². The highest BCUT2D eigenvalue weighted by Crippen LogP contribution is 2.29. The Morgan fingerprint density at radius 1 is 0.944 bits per heavy atom. The second kappa shape index (κ2) is 10.0. The number of phenols is 1. The number of nitrogens with one attached hydrogen (secondary N) is 2. The number of phenolic OH excluding ortho intramolecular Hbond substituents is 1. The molecule has 0 atom stereocenters. The van der Waals surface area contributed by atoms with Gasteiger partial charge >= 0.3 is 0 Å². The first-order chi connectivity index (χ1) is 17.1. The summed E-state index contributed by atoms with van der Waals surface area (Å²) in [6, 6.07) is 19.0. The van der Waals surface area contributed by atoms with Crippen molar-refractivity contribution in [1.82, 2.24) is 15.0 Å². The molecule has 0 bridgehead atoms. The molecule has 1 aromatic heterocycles. The summed E-state index contributed by atoms with van der Waals surface area (Å²) in [5.74, 6) is 0.248. The lowest BCUT2D eigenvalue weighted by Gasteiger charge is -2.19. The van der Waals surface area contributed by atoms with E-state index in [4.69, 9.17) is 5.73 Å². The van der Waals surface area contributed by atoms with Gasteiger partial charge in [0.15, 0.2) is 5.82 Å². The first kappa shape index (κ1) is 24.6. The molecule has 0 fully saturated rings. The Hall–Kier alpha value is -4.50. The molecule has 3 aromatic carbocycles. The average molecular weight is 485 g/mol. The number of aromatic nitrogens is 3. The minimum atomic E-state index is -0.360. The van der Waals surface area contributed by atoms with Gasteiger partial charge in [0.2, 0.25) is 11.9 Å². The number of carbonyl (C=O) groups excluding carboxylic acids is 1. The number of anilines is 4. The molecular weight excluding hydrogens is 456 g/mol. The summed E-state index contributed by atoms with van der Waals surface area (Å²) in [6.07, 6.45) is 0. The Labute approximate surface area is 209 Å². The van der Waals surface area contributed by atoms with Gasteiger partial charge in [0.05, 0.1) is 6.61 Å². The van der Waals surface area contributed by atoms with E-state index in [0.29, 0.717) is 28.1 Å². The minimum Gasteiger partial charge on any atom is -0.508 e. The van der Waals surface area contributed by atoms with Crippen LogP contribution in [0.25, 0.3) is 11.4 Å². The van der Waals surface area contributed by atoms with Gasteiger partial charge < -0.3 is 26.6 Å². The first-order valence-corrected chi connectivity index (χ1v) is 11.4. The predicted octanol–water partition coefficient (Wildman–Crippen LogP) is 4.61. The van der Waals surface area contributed by atoms with E-state index in [1.807, 2.05) is 12.1 Å². The van der Waals surface area contributed by atoms with Crippen molar-refractivity contribution >= 4 is 29.2 Å². The van der Waals surface area contributed by atoms with E-state index in [1.165, 1.54) is 12.1 Å². The number of nitrogens with two attached hydrogens (primary N) is 1.